The molecule has 4 rings (SSSR count). The van der Waals surface area contributed by atoms with Crippen LogP contribution in [0.1, 0.15) is 26.4 Å². The highest BCUT2D eigenvalue weighted by molar-refractivity contribution is 7.89. The smallest absolute Gasteiger partial charge is 0.340 e. The minimum absolute atomic E-state index is 0.0814. The van der Waals surface area contributed by atoms with E-state index in [1.807, 2.05) is 42.5 Å². The fourth-order valence-electron chi connectivity index (χ4n) is 3.66. The molecule has 0 atom stereocenters. The Morgan fingerprint density at radius 2 is 1.66 bits per heavy atom. The molecule has 8 nitrogen and oxygen atoms in total. The van der Waals surface area contributed by atoms with E-state index >= 15 is 0 Å². The van der Waals surface area contributed by atoms with Gasteiger partial charge in [-0.15, -0.1) is 0 Å². The van der Waals surface area contributed by atoms with Crippen LogP contribution in [0.15, 0.2) is 77.7 Å². The summed E-state index contributed by atoms with van der Waals surface area (Å²) in [7, 11) is -2.90. The Morgan fingerprint density at radius 3 is 2.34 bits per heavy atom. The van der Waals surface area contributed by atoms with E-state index in [0.717, 1.165) is 17.0 Å². The zero-order valence-corrected chi connectivity index (χ0v) is 20.0. The number of hydrogen-bond acceptors (Lipinski definition) is 7. The molecule has 0 saturated carbocycles. The van der Waals surface area contributed by atoms with Crippen LogP contribution in [-0.2, 0) is 26.1 Å². The zero-order valence-electron chi connectivity index (χ0n) is 18.4. The maximum Gasteiger partial charge on any atom is 0.340 e. The Kier molecular flexibility index (Phi) is 6.83. The molecule has 178 valence electrons. The van der Waals surface area contributed by atoms with E-state index in [1.54, 1.807) is 12.1 Å². The van der Waals surface area contributed by atoms with Gasteiger partial charge in [-0.05, 0) is 29.8 Å². The summed E-state index contributed by atoms with van der Waals surface area (Å²) >= 11 is 5.89. The number of nitrogens with two attached hydrogens (primary N) is 1. The van der Waals surface area contributed by atoms with Gasteiger partial charge < -0.3 is 9.47 Å². The average molecular weight is 511 g/mol. The number of carbonyl (C=O) groups is 2. The Morgan fingerprint density at radius 1 is 0.971 bits per heavy atom. The van der Waals surface area contributed by atoms with Crippen LogP contribution in [0.3, 0.4) is 0 Å². The van der Waals surface area contributed by atoms with E-state index < -0.39 is 26.9 Å². The third kappa shape index (κ3) is 5.02. The van der Waals surface area contributed by atoms with E-state index in [-0.39, 0.29) is 28.5 Å². The number of fused-ring (bicyclic) bond motifs is 1. The van der Waals surface area contributed by atoms with Crippen molar-refractivity contribution >= 4 is 44.5 Å². The van der Waals surface area contributed by atoms with Gasteiger partial charge in [0.05, 0.1) is 34.5 Å². The van der Waals surface area contributed by atoms with Crippen molar-refractivity contribution in [1.29, 1.82) is 0 Å². The van der Waals surface area contributed by atoms with Crippen LogP contribution >= 0.6 is 11.6 Å². The number of carbonyl (C=O) groups excluding carboxylic acids is 2. The number of para-hydroxylation sites is 1. The number of esters is 2. The van der Waals surface area contributed by atoms with Gasteiger partial charge in [0.15, 0.2) is 0 Å². The number of benzene rings is 3. The van der Waals surface area contributed by atoms with E-state index in [2.05, 4.69) is 4.98 Å². The van der Waals surface area contributed by atoms with Crippen LogP contribution in [0.5, 0.6) is 0 Å². The number of sulfonamides is 1. The predicted molar refractivity (Wildman–Crippen MR) is 130 cm³/mol. The summed E-state index contributed by atoms with van der Waals surface area (Å²) in [5.74, 6) is -1.49. The molecule has 0 bridgehead atoms. The first-order chi connectivity index (χ1) is 16.7. The van der Waals surface area contributed by atoms with Gasteiger partial charge in [0, 0.05) is 10.9 Å². The highest BCUT2D eigenvalue weighted by Gasteiger charge is 2.24. The summed E-state index contributed by atoms with van der Waals surface area (Å²) < 4.78 is 33.9. The van der Waals surface area contributed by atoms with Crippen LogP contribution in [-0.4, -0.2) is 32.5 Å². The summed E-state index contributed by atoms with van der Waals surface area (Å²) in [6, 6.07) is 20.1. The Bertz CT molecular complexity index is 1560. The molecule has 0 unspecified atom stereocenters. The number of methoxy groups -OCH3 is 1. The minimum Gasteiger partial charge on any atom is -0.465 e. The molecule has 0 aliphatic heterocycles. The predicted octanol–water partition coefficient (Wildman–Crippen LogP) is 4.35. The van der Waals surface area contributed by atoms with Gasteiger partial charge in [-0.25, -0.2) is 28.1 Å². The number of nitrogens with zero attached hydrogens (tertiary/aromatic N) is 1. The van der Waals surface area contributed by atoms with Gasteiger partial charge in [0.1, 0.15) is 11.5 Å². The summed E-state index contributed by atoms with van der Waals surface area (Å²) in [5, 5.41) is 5.76. The second kappa shape index (κ2) is 9.83. The summed E-state index contributed by atoms with van der Waals surface area (Å²) in [6.45, 7) is -0.374. The van der Waals surface area contributed by atoms with Gasteiger partial charge in [-0.3, -0.25) is 0 Å². The monoisotopic (exact) mass is 510 g/mol. The van der Waals surface area contributed by atoms with Gasteiger partial charge in [0.2, 0.25) is 10.0 Å². The molecule has 2 N–H and O–H groups in total. The lowest BCUT2D eigenvalue weighted by molar-refractivity contribution is 0.0455. The fourth-order valence-corrected chi connectivity index (χ4v) is 4.73. The molecule has 10 heteroatoms. The molecule has 3 aromatic carbocycles. The van der Waals surface area contributed by atoms with Crippen molar-refractivity contribution in [2.45, 2.75) is 11.5 Å². The molecule has 0 saturated heterocycles. The highest BCUT2D eigenvalue weighted by Crippen LogP contribution is 2.34. The number of primary sulfonamides is 1. The SMILES string of the molecule is COC(=O)c1c(COC(=O)c2ccc(Cl)c(S(N)(=O)=O)c2)nc2ccccc2c1-c1ccccc1. The van der Waals surface area contributed by atoms with Crippen LogP contribution in [0.4, 0.5) is 0 Å². The number of hydrogen-bond donors (Lipinski definition) is 1. The number of halogens is 1. The molecule has 0 spiro atoms. The van der Waals surface area contributed by atoms with Crippen LogP contribution in [0.2, 0.25) is 5.02 Å². The summed E-state index contributed by atoms with van der Waals surface area (Å²) in [6.07, 6.45) is 0. The molecule has 0 aliphatic carbocycles. The molecule has 0 aliphatic rings. The Hall–Kier alpha value is -3.79. The quantitative estimate of drug-likeness (QED) is 0.382. The first kappa shape index (κ1) is 24.3. The first-order valence-corrected chi connectivity index (χ1v) is 12.2. The molecule has 0 fully saturated rings. The van der Waals surface area contributed by atoms with Gasteiger partial charge in [-0.1, -0.05) is 60.1 Å². The third-order valence-electron chi connectivity index (χ3n) is 5.23. The topological polar surface area (TPSA) is 126 Å². The molecule has 0 amide bonds. The van der Waals surface area contributed by atoms with Gasteiger partial charge in [-0.2, -0.15) is 0 Å². The molecule has 4 aromatic rings. The van der Waals surface area contributed by atoms with E-state index in [1.165, 1.54) is 19.2 Å². The second-order valence-electron chi connectivity index (χ2n) is 7.45. The van der Waals surface area contributed by atoms with Crippen LogP contribution in [0, 0.1) is 0 Å². The lowest BCUT2D eigenvalue weighted by atomic mass is 9.94. The zero-order chi connectivity index (χ0) is 25.2. The van der Waals surface area contributed by atoms with Crippen LogP contribution < -0.4 is 5.14 Å². The standard InChI is InChI=1S/C25H19ClN2O6S/c1-33-25(30)23-20(14-34-24(29)16-11-12-18(26)21(13-16)35(27,31)32)28-19-10-6-5-9-17(19)22(23)15-7-3-2-4-8-15/h2-13H,14H2,1H3,(H2,27,31,32). The summed E-state index contributed by atoms with van der Waals surface area (Å²) in [5.41, 5.74) is 2.21. The van der Waals surface area contributed by atoms with Crippen molar-refractivity contribution in [1.82, 2.24) is 4.98 Å². The number of pyridine rings is 1. The van der Waals surface area contributed by atoms with Gasteiger partial charge in [0.25, 0.3) is 0 Å². The lowest BCUT2D eigenvalue weighted by Gasteiger charge is -2.16. The van der Waals surface area contributed by atoms with Gasteiger partial charge >= 0.3 is 11.9 Å². The number of ether oxygens (including phenoxy) is 2. The van der Waals surface area contributed by atoms with Crippen molar-refractivity contribution < 1.29 is 27.5 Å². The third-order valence-corrected chi connectivity index (χ3v) is 6.63. The first-order valence-electron chi connectivity index (χ1n) is 10.3. The largest absolute Gasteiger partial charge is 0.465 e. The maximum absolute atomic E-state index is 12.9. The van der Waals surface area contributed by atoms with Crippen molar-refractivity contribution in [3.63, 3.8) is 0 Å². The Balaban J connectivity index is 1.79. The second-order valence-corrected chi connectivity index (χ2v) is 9.39. The molecule has 1 heterocycles. The van der Waals surface area contributed by atoms with Crippen LogP contribution in [0.25, 0.3) is 22.0 Å². The van der Waals surface area contributed by atoms with E-state index in [0.29, 0.717) is 11.1 Å². The average Bonchev–Trinajstić information content (AvgIpc) is 2.85. The molecule has 35 heavy (non-hydrogen) atoms. The normalized spacial score (nSPS) is 11.3. The highest BCUT2D eigenvalue weighted by atomic mass is 35.5. The van der Waals surface area contributed by atoms with E-state index in [9.17, 15) is 18.0 Å². The maximum atomic E-state index is 12.9. The van der Waals surface area contributed by atoms with Crippen molar-refractivity contribution in [2.75, 3.05) is 7.11 Å². The number of rotatable bonds is 6. The van der Waals surface area contributed by atoms with Crippen molar-refractivity contribution in [3.8, 4) is 11.1 Å². The molecule has 1 aromatic heterocycles. The van der Waals surface area contributed by atoms with E-state index in [4.69, 9.17) is 26.2 Å². The Labute approximate surface area is 206 Å². The summed E-state index contributed by atoms with van der Waals surface area (Å²) in [4.78, 5) is 29.8. The van der Waals surface area contributed by atoms with Crippen molar-refractivity contribution in [2.24, 2.45) is 5.14 Å². The minimum atomic E-state index is -4.15. The number of aromatic nitrogens is 1. The van der Waals surface area contributed by atoms with Crippen molar-refractivity contribution in [3.05, 3.63) is 94.6 Å². The lowest BCUT2D eigenvalue weighted by Crippen LogP contribution is -2.16. The molecular weight excluding hydrogens is 492 g/mol. The fraction of sp³-hybridized carbons (Fsp3) is 0.0800. The molecular formula is C25H19ClN2O6S. The molecule has 0 radical (unpaired) electrons.